The van der Waals surface area contributed by atoms with Crippen LogP contribution in [0.2, 0.25) is 0 Å². The van der Waals surface area contributed by atoms with Crippen molar-refractivity contribution in [1.82, 2.24) is 14.8 Å². The minimum absolute atomic E-state index is 0.000682. The molecule has 0 atom stereocenters. The van der Waals surface area contributed by atoms with Crippen molar-refractivity contribution in [2.75, 3.05) is 32.7 Å². The predicted octanol–water partition coefficient (Wildman–Crippen LogP) is -0.393. The van der Waals surface area contributed by atoms with Gasteiger partial charge in [-0.3, -0.25) is 19.3 Å². The van der Waals surface area contributed by atoms with Gasteiger partial charge in [0.25, 0.3) is 5.91 Å². The van der Waals surface area contributed by atoms with Crippen LogP contribution < -0.4 is 5.56 Å². The third-order valence-electron chi connectivity index (χ3n) is 3.27. The van der Waals surface area contributed by atoms with Crippen molar-refractivity contribution >= 4 is 11.9 Å². The van der Waals surface area contributed by atoms with Crippen LogP contribution in [0.5, 0.6) is 0 Å². The first kappa shape index (κ1) is 14.3. The maximum atomic E-state index is 12.3. The van der Waals surface area contributed by atoms with Gasteiger partial charge in [0.15, 0.2) is 0 Å². The quantitative estimate of drug-likeness (QED) is 0.785. The largest absolute Gasteiger partial charge is 0.480 e. The Bertz CT molecular complexity index is 534. The lowest BCUT2D eigenvalue weighted by molar-refractivity contribution is -0.138. The molecule has 2 N–H and O–H groups in total. The van der Waals surface area contributed by atoms with Gasteiger partial charge in [0, 0.05) is 38.4 Å². The van der Waals surface area contributed by atoms with Crippen LogP contribution in [0.25, 0.3) is 0 Å². The second-order valence-corrected chi connectivity index (χ2v) is 4.76. The van der Waals surface area contributed by atoms with Gasteiger partial charge in [0.2, 0.25) is 5.56 Å². The molecule has 0 spiro atoms. The summed E-state index contributed by atoms with van der Waals surface area (Å²) in [5.41, 5.74) is 0.196. The molecule has 1 aromatic rings. The van der Waals surface area contributed by atoms with Crippen molar-refractivity contribution in [3.63, 3.8) is 0 Å². The van der Waals surface area contributed by atoms with E-state index in [2.05, 4.69) is 4.98 Å². The molecule has 0 radical (unpaired) electrons. The molecule has 0 aliphatic carbocycles. The molecular weight excluding hydrogens is 262 g/mol. The Balaban J connectivity index is 1.99. The molecule has 108 valence electrons. The highest BCUT2D eigenvalue weighted by atomic mass is 16.4. The van der Waals surface area contributed by atoms with Gasteiger partial charge in [-0.05, 0) is 12.5 Å². The number of aromatic nitrogens is 1. The number of aromatic amines is 1. The van der Waals surface area contributed by atoms with Crippen LogP contribution in [0.4, 0.5) is 0 Å². The molecule has 1 aliphatic heterocycles. The van der Waals surface area contributed by atoms with Crippen LogP contribution in [0.3, 0.4) is 0 Å². The second-order valence-electron chi connectivity index (χ2n) is 4.76. The summed E-state index contributed by atoms with van der Waals surface area (Å²) >= 11 is 0. The van der Waals surface area contributed by atoms with Crippen molar-refractivity contribution in [3.05, 3.63) is 34.2 Å². The van der Waals surface area contributed by atoms with Crippen molar-refractivity contribution in [2.45, 2.75) is 6.42 Å². The Kier molecular flexibility index (Phi) is 4.52. The highest BCUT2D eigenvalue weighted by Gasteiger charge is 2.21. The first-order chi connectivity index (χ1) is 9.56. The molecule has 0 bridgehead atoms. The average molecular weight is 279 g/mol. The summed E-state index contributed by atoms with van der Waals surface area (Å²) in [5.74, 6) is -0.996. The molecule has 1 aliphatic rings. The normalized spacial score (nSPS) is 16.7. The van der Waals surface area contributed by atoms with Crippen molar-refractivity contribution in [1.29, 1.82) is 0 Å². The van der Waals surface area contributed by atoms with Crippen LogP contribution >= 0.6 is 0 Å². The molecule has 20 heavy (non-hydrogen) atoms. The zero-order valence-electron chi connectivity index (χ0n) is 11.0. The number of hydrogen-bond donors (Lipinski definition) is 2. The van der Waals surface area contributed by atoms with Gasteiger partial charge in [-0.1, -0.05) is 0 Å². The molecule has 2 heterocycles. The number of H-pyrrole nitrogens is 1. The monoisotopic (exact) mass is 279 g/mol. The second kappa shape index (κ2) is 6.33. The lowest BCUT2D eigenvalue weighted by Crippen LogP contribution is -2.36. The van der Waals surface area contributed by atoms with E-state index in [4.69, 9.17) is 5.11 Å². The molecule has 0 saturated carbocycles. The summed E-state index contributed by atoms with van der Waals surface area (Å²) in [6.45, 7) is 2.29. The summed E-state index contributed by atoms with van der Waals surface area (Å²) < 4.78 is 0. The van der Waals surface area contributed by atoms with Gasteiger partial charge in [0.05, 0.1) is 12.1 Å². The Morgan fingerprint density at radius 2 is 2.00 bits per heavy atom. The number of amides is 1. The molecule has 1 saturated heterocycles. The minimum atomic E-state index is -0.856. The fraction of sp³-hybridized carbons (Fsp3) is 0.462. The van der Waals surface area contributed by atoms with Crippen molar-refractivity contribution in [3.8, 4) is 0 Å². The number of nitrogens with one attached hydrogen (secondary N) is 1. The number of carbonyl (C=O) groups excluding carboxylic acids is 1. The third kappa shape index (κ3) is 3.67. The number of hydrogen-bond acceptors (Lipinski definition) is 4. The number of pyridine rings is 1. The molecular formula is C13H17N3O4. The van der Waals surface area contributed by atoms with E-state index in [1.54, 1.807) is 4.90 Å². The van der Waals surface area contributed by atoms with Crippen LogP contribution in [-0.4, -0.2) is 64.5 Å². The summed E-state index contributed by atoms with van der Waals surface area (Å²) in [6.07, 6.45) is 2.15. The van der Waals surface area contributed by atoms with E-state index < -0.39 is 5.97 Å². The number of carboxylic acid groups (broad SMARTS) is 1. The van der Waals surface area contributed by atoms with Gasteiger partial charge in [0.1, 0.15) is 0 Å². The van der Waals surface area contributed by atoms with Gasteiger partial charge in [-0.2, -0.15) is 0 Å². The maximum Gasteiger partial charge on any atom is 0.317 e. The van der Waals surface area contributed by atoms with Crippen LogP contribution in [-0.2, 0) is 4.79 Å². The smallest absolute Gasteiger partial charge is 0.317 e. The molecule has 1 amide bonds. The zero-order chi connectivity index (χ0) is 14.5. The van der Waals surface area contributed by atoms with Gasteiger partial charge >= 0.3 is 5.97 Å². The van der Waals surface area contributed by atoms with E-state index in [1.165, 1.54) is 18.3 Å². The van der Waals surface area contributed by atoms with Crippen LogP contribution in [0.1, 0.15) is 16.8 Å². The van der Waals surface area contributed by atoms with Crippen molar-refractivity contribution in [2.24, 2.45) is 0 Å². The van der Waals surface area contributed by atoms with E-state index in [9.17, 15) is 14.4 Å². The number of carbonyl (C=O) groups is 2. The molecule has 7 nitrogen and oxygen atoms in total. The Morgan fingerprint density at radius 1 is 1.20 bits per heavy atom. The van der Waals surface area contributed by atoms with E-state index in [0.29, 0.717) is 31.7 Å². The molecule has 1 aromatic heterocycles. The fourth-order valence-corrected chi connectivity index (χ4v) is 2.25. The summed E-state index contributed by atoms with van der Waals surface area (Å²) in [4.78, 5) is 39.9. The maximum absolute atomic E-state index is 12.3. The van der Waals surface area contributed by atoms with Crippen LogP contribution in [0.15, 0.2) is 23.1 Å². The van der Waals surface area contributed by atoms with E-state index in [1.807, 2.05) is 4.90 Å². The highest BCUT2D eigenvalue weighted by Crippen LogP contribution is 2.07. The fourth-order valence-electron chi connectivity index (χ4n) is 2.25. The summed E-state index contributed by atoms with van der Waals surface area (Å²) in [7, 11) is 0. The van der Waals surface area contributed by atoms with Gasteiger partial charge in [-0.25, -0.2) is 0 Å². The zero-order valence-corrected chi connectivity index (χ0v) is 11.0. The first-order valence-corrected chi connectivity index (χ1v) is 6.48. The topological polar surface area (TPSA) is 93.7 Å². The summed E-state index contributed by atoms with van der Waals surface area (Å²) in [6, 6.07) is 2.82. The summed E-state index contributed by atoms with van der Waals surface area (Å²) in [5, 5.41) is 8.78. The number of nitrogens with zero attached hydrogens (tertiary/aromatic N) is 2. The van der Waals surface area contributed by atoms with Gasteiger partial charge in [-0.15, -0.1) is 0 Å². The molecule has 1 fully saturated rings. The molecule has 2 rings (SSSR count). The Hall–Kier alpha value is -2.15. The highest BCUT2D eigenvalue weighted by molar-refractivity contribution is 5.93. The lowest BCUT2D eigenvalue weighted by Gasteiger charge is -2.21. The first-order valence-electron chi connectivity index (χ1n) is 6.48. The third-order valence-corrected chi connectivity index (χ3v) is 3.27. The van der Waals surface area contributed by atoms with E-state index in [-0.39, 0.29) is 18.0 Å². The lowest BCUT2D eigenvalue weighted by atomic mass is 10.2. The van der Waals surface area contributed by atoms with E-state index in [0.717, 1.165) is 6.42 Å². The standard InChI is InChI=1S/C13H17N3O4/c17-11-3-2-10(8-14-11)13(20)16-5-1-4-15(6-7-16)9-12(18)19/h2-3,8H,1,4-7,9H2,(H,14,17)(H,18,19). The molecule has 0 aromatic carbocycles. The number of carboxylic acids is 1. The average Bonchev–Trinajstić information content (AvgIpc) is 2.64. The number of aliphatic carboxylic acids is 1. The van der Waals surface area contributed by atoms with Crippen molar-refractivity contribution < 1.29 is 14.7 Å². The molecule has 7 heteroatoms. The SMILES string of the molecule is O=C(O)CN1CCCN(C(=O)c2ccc(=O)[nH]c2)CC1. The predicted molar refractivity (Wildman–Crippen MR) is 71.7 cm³/mol. The molecule has 0 unspecified atom stereocenters. The minimum Gasteiger partial charge on any atom is -0.480 e. The van der Waals surface area contributed by atoms with E-state index >= 15 is 0 Å². The Labute approximate surface area is 115 Å². The Morgan fingerprint density at radius 3 is 2.65 bits per heavy atom. The van der Waals surface area contributed by atoms with Crippen LogP contribution in [0, 0.1) is 0 Å². The number of rotatable bonds is 3. The van der Waals surface area contributed by atoms with Gasteiger partial charge < -0.3 is 15.0 Å².